The van der Waals surface area contributed by atoms with Crippen molar-refractivity contribution in [2.24, 2.45) is 0 Å². The van der Waals surface area contributed by atoms with E-state index in [9.17, 15) is 26.3 Å². The first kappa shape index (κ1) is 15.1. The minimum atomic E-state index is -5.64. The molecule has 2 nitrogen and oxygen atoms in total. The van der Waals surface area contributed by atoms with Crippen LogP contribution < -0.4 is 0 Å². The molecule has 20 heavy (non-hydrogen) atoms. The van der Waals surface area contributed by atoms with Gasteiger partial charge in [0.15, 0.2) is 0 Å². The van der Waals surface area contributed by atoms with E-state index < -0.39 is 36.2 Å². The van der Waals surface area contributed by atoms with Crippen LogP contribution in [0.15, 0.2) is 30.3 Å². The van der Waals surface area contributed by atoms with Gasteiger partial charge in [-0.1, -0.05) is 30.3 Å². The molecule has 0 aromatic heterocycles. The van der Waals surface area contributed by atoms with Crippen LogP contribution in [0.2, 0.25) is 0 Å². The number of ether oxygens (including phenoxy) is 2. The summed E-state index contributed by atoms with van der Waals surface area (Å²) >= 11 is 0. The Morgan fingerprint density at radius 2 is 1.50 bits per heavy atom. The Bertz CT molecular complexity index is 435. The Labute approximate surface area is 110 Å². The van der Waals surface area contributed by atoms with E-state index in [1.807, 2.05) is 0 Å². The van der Waals surface area contributed by atoms with Crippen molar-refractivity contribution in [3.05, 3.63) is 35.9 Å². The summed E-state index contributed by atoms with van der Waals surface area (Å²) in [4.78, 5) is 0. The van der Waals surface area contributed by atoms with Gasteiger partial charge >= 0.3 is 12.4 Å². The molecule has 0 saturated carbocycles. The highest BCUT2D eigenvalue weighted by atomic mass is 19.4. The Kier molecular flexibility index (Phi) is 3.72. The number of hydrogen-bond donors (Lipinski definition) is 0. The number of alkyl halides is 6. The summed E-state index contributed by atoms with van der Waals surface area (Å²) in [5.41, 5.74) is -5.34. The number of epoxide rings is 1. The molecular formula is C12H10F6O2. The van der Waals surface area contributed by atoms with E-state index in [0.717, 1.165) is 24.3 Å². The molecule has 0 spiro atoms. The van der Waals surface area contributed by atoms with E-state index in [2.05, 4.69) is 9.47 Å². The van der Waals surface area contributed by atoms with Gasteiger partial charge in [-0.25, -0.2) is 0 Å². The lowest BCUT2D eigenvalue weighted by atomic mass is 9.92. The predicted octanol–water partition coefficient (Wildman–Crippen LogP) is 3.42. The maximum atomic E-state index is 13.1. The van der Waals surface area contributed by atoms with Gasteiger partial charge in [-0.15, -0.1) is 0 Å². The summed E-state index contributed by atoms with van der Waals surface area (Å²) in [5, 5.41) is 0. The molecule has 0 amide bonds. The van der Waals surface area contributed by atoms with E-state index >= 15 is 0 Å². The van der Waals surface area contributed by atoms with Crippen LogP contribution in [0.1, 0.15) is 5.56 Å². The van der Waals surface area contributed by atoms with E-state index in [4.69, 9.17) is 0 Å². The van der Waals surface area contributed by atoms with Crippen LogP contribution in [-0.4, -0.2) is 31.7 Å². The Hall–Kier alpha value is -1.28. The highest BCUT2D eigenvalue weighted by molar-refractivity contribution is 5.27. The molecule has 1 aromatic rings. The Morgan fingerprint density at radius 3 is 1.90 bits per heavy atom. The van der Waals surface area contributed by atoms with E-state index in [0.29, 0.717) is 0 Å². The maximum Gasteiger partial charge on any atom is 0.430 e. The van der Waals surface area contributed by atoms with Crippen LogP contribution in [-0.2, 0) is 15.1 Å². The molecule has 8 heteroatoms. The standard InChI is InChI=1S/C12H10F6O2/c13-11(14,15)10(12(16,17)18,20-7-9-6-19-9)8-4-2-1-3-5-8/h1-5,9H,6-7H2. The lowest BCUT2D eigenvalue weighted by Gasteiger charge is -2.37. The molecule has 1 aromatic carbocycles. The van der Waals surface area contributed by atoms with Crippen molar-refractivity contribution in [2.75, 3.05) is 13.2 Å². The second-order valence-corrected chi connectivity index (χ2v) is 4.31. The average Bonchev–Trinajstić information content (AvgIpc) is 3.11. The first-order valence-corrected chi connectivity index (χ1v) is 5.63. The van der Waals surface area contributed by atoms with Crippen LogP contribution >= 0.6 is 0 Å². The normalized spacial score (nSPS) is 20.0. The van der Waals surface area contributed by atoms with Crippen molar-refractivity contribution >= 4 is 0 Å². The summed E-state index contributed by atoms with van der Waals surface area (Å²) in [6, 6.07) is 5.01. The quantitative estimate of drug-likeness (QED) is 0.628. The van der Waals surface area contributed by atoms with Crippen molar-refractivity contribution in [3.63, 3.8) is 0 Å². The third kappa shape index (κ3) is 2.62. The molecule has 0 radical (unpaired) electrons. The lowest BCUT2D eigenvalue weighted by molar-refractivity contribution is -0.390. The molecule has 0 N–H and O–H groups in total. The topological polar surface area (TPSA) is 21.8 Å². The predicted molar refractivity (Wildman–Crippen MR) is 55.9 cm³/mol. The molecule has 1 aliphatic rings. The van der Waals surface area contributed by atoms with Crippen LogP contribution in [0, 0.1) is 0 Å². The van der Waals surface area contributed by atoms with Crippen LogP contribution in [0.5, 0.6) is 0 Å². The number of hydrogen-bond acceptors (Lipinski definition) is 2. The summed E-state index contributed by atoms with van der Waals surface area (Å²) < 4.78 is 87.8. The third-order valence-electron chi connectivity index (χ3n) is 2.87. The SMILES string of the molecule is FC(F)(F)C(OCC1CO1)(c1ccccc1)C(F)(F)F. The fourth-order valence-corrected chi connectivity index (χ4v) is 1.79. The van der Waals surface area contributed by atoms with Crippen molar-refractivity contribution in [1.82, 2.24) is 0 Å². The van der Waals surface area contributed by atoms with Gasteiger partial charge in [-0.2, -0.15) is 26.3 Å². The number of halogens is 6. The second-order valence-electron chi connectivity index (χ2n) is 4.31. The monoisotopic (exact) mass is 300 g/mol. The highest BCUT2D eigenvalue weighted by Gasteiger charge is 2.73. The Morgan fingerprint density at radius 1 is 1.00 bits per heavy atom. The molecule has 2 rings (SSSR count). The second kappa shape index (κ2) is 4.92. The van der Waals surface area contributed by atoms with Gasteiger partial charge in [0.1, 0.15) is 6.10 Å². The summed E-state index contributed by atoms with van der Waals surface area (Å²) in [6.07, 6.45) is -12.0. The zero-order valence-corrected chi connectivity index (χ0v) is 9.96. The van der Waals surface area contributed by atoms with Crippen LogP contribution in [0.25, 0.3) is 0 Å². The van der Waals surface area contributed by atoms with Crippen molar-refractivity contribution in [1.29, 1.82) is 0 Å². The van der Waals surface area contributed by atoms with Gasteiger partial charge in [0, 0.05) is 5.56 Å². The molecule has 112 valence electrons. The third-order valence-corrected chi connectivity index (χ3v) is 2.87. The molecule has 1 unspecified atom stereocenters. The van der Waals surface area contributed by atoms with Gasteiger partial charge in [0.25, 0.3) is 5.60 Å². The molecule has 1 saturated heterocycles. The zero-order valence-electron chi connectivity index (χ0n) is 9.96. The first-order valence-electron chi connectivity index (χ1n) is 5.63. The largest absolute Gasteiger partial charge is 0.430 e. The molecule has 1 heterocycles. The molecule has 0 bridgehead atoms. The molecule has 1 atom stereocenters. The minimum Gasteiger partial charge on any atom is -0.371 e. The smallest absolute Gasteiger partial charge is 0.371 e. The van der Waals surface area contributed by atoms with Gasteiger partial charge < -0.3 is 9.47 Å². The van der Waals surface area contributed by atoms with E-state index in [1.54, 1.807) is 0 Å². The van der Waals surface area contributed by atoms with E-state index in [-0.39, 0.29) is 6.61 Å². The fourth-order valence-electron chi connectivity index (χ4n) is 1.79. The average molecular weight is 300 g/mol. The number of rotatable bonds is 4. The minimum absolute atomic E-state index is 0.0978. The number of benzene rings is 1. The molecular weight excluding hydrogens is 290 g/mol. The van der Waals surface area contributed by atoms with Crippen molar-refractivity contribution in [2.45, 2.75) is 24.1 Å². The van der Waals surface area contributed by atoms with Gasteiger partial charge in [0.2, 0.25) is 0 Å². The fraction of sp³-hybridized carbons (Fsp3) is 0.500. The maximum absolute atomic E-state index is 13.1. The molecule has 1 fully saturated rings. The van der Waals surface area contributed by atoms with E-state index in [1.165, 1.54) is 6.07 Å². The van der Waals surface area contributed by atoms with Gasteiger partial charge in [-0.3, -0.25) is 0 Å². The van der Waals surface area contributed by atoms with Crippen molar-refractivity contribution < 1.29 is 35.8 Å². The Balaban J connectivity index is 2.48. The van der Waals surface area contributed by atoms with Crippen LogP contribution in [0.3, 0.4) is 0 Å². The summed E-state index contributed by atoms with van der Waals surface area (Å²) in [6.45, 7) is -0.672. The summed E-state index contributed by atoms with van der Waals surface area (Å²) in [7, 11) is 0. The van der Waals surface area contributed by atoms with Crippen molar-refractivity contribution in [3.8, 4) is 0 Å². The first-order chi connectivity index (χ1) is 9.18. The summed E-state index contributed by atoms with van der Waals surface area (Å²) in [5.74, 6) is 0. The van der Waals surface area contributed by atoms with Crippen LogP contribution in [0.4, 0.5) is 26.3 Å². The van der Waals surface area contributed by atoms with Gasteiger partial charge in [0.05, 0.1) is 13.2 Å². The molecule has 1 aliphatic heterocycles. The van der Waals surface area contributed by atoms with Gasteiger partial charge in [-0.05, 0) is 0 Å². The molecule has 0 aliphatic carbocycles. The zero-order chi connectivity index (χ0) is 15.0. The highest BCUT2D eigenvalue weighted by Crippen LogP contribution is 2.53. The lowest BCUT2D eigenvalue weighted by Crippen LogP contribution is -2.56.